The summed E-state index contributed by atoms with van der Waals surface area (Å²) in [6.07, 6.45) is 0. The molecule has 0 fully saturated rings. The first-order chi connectivity index (χ1) is 4.86. The summed E-state index contributed by atoms with van der Waals surface area (Å²) in [5, 5.41) is 0. The first-order valence-electron chi connectivity index (χ1n) is 3.05. The number of hydrogen-bond donors (Lipinski definition) is 0. The number of methoxy groups -OCH3 is 1. The van der Waals surface area contributed by atoms with Gasteiger partial charge in [-0.3, -0.25) is 0 Å². The van der Waals surface area contributed by atoms with Crippen LogP contribution in [0.15, 0.2) is 24.3 Å². The topological polar surface area (TPSA) is 9.23 Å². The molecular formula is C7H8BClO. The molecule has 0 atom stereocenters. The number of halogens is 1. The van der Waals surface area contributed by atoms with E-state index in [0.29, 0.717) is 6.69 Å². The molecule has 0 heterocycles. The lowest BCUT2D eigenvalue weighted by Crippen LogP contribution is -2.06. The van der Waals surface area contributed by atoms with Crippen LogP contribution in [0, 0.1) is 0 Å². The molecule has 0 N–H and O–H groups in total. The number of hydrogen-bond acceptors (Lipinski definition) is 1. The standard InChI is InChI=1S/C7H8BClO/c1-10-7-4-2-6(8-9)3-5-7/h2-5,8H,1H3. The average molecular weight is 154 g/mol. The largest absolute Gasteiger partial charge is 0.497 e. The molecule has 0 bridgehead atoms. The summed E-state index contributed by atoms with van der Waals surface area (Å²) in [5.41, 5.74) is 1.11. The van der Waals surface area contributed by atoms with Crippen LogP contribution in [0.25, 0.3) is 0 Å². The molecule has 52 valence electrons. The van der Waals surface area contributed by atoms with Crippen LogP contribution >= 0.6 is 11.5 Å². The third-order valence-electron chi connectivity index (χ3n) is 1.31. The molecule has 10 heavy (non-hydrogen) atoms. The Balaban J connectivity index is 2.80. The van der Waals surface area contributed by atoms with E-state index in [0.717, 1.165) is 11.2 Å². The van der Waals surface area contributed by atoms with Crippen molar-refractivity contribution in [2.24, 2.45) is 0 Å². The maximum absolute atomic E-state index is 5.58. The second kappa shape index (κ2) is 3.52. The Labute approximate surface area is 66.1 Å². The average Bonchev–Trinajstić information content (AvgIpc) is 2.05. The van der Waals surface area contributed by atoms with Gasteiger partial charge in [-0.15, -0.1) is 0 Å². The summed E-state index contributed by atoms with van der Waals surface area (Å²) in [7, 11) is 1.65. The third kappa shape index (κ3) is 1.68. The van der Waals surface area contributed by atoms with Gasteiger partial charge in [-0.25, -0.2) is 0 Å². The van der Waals surface area contributed by atoms with Crippen LogP contribution in [0.2, 0.25) is 0 Å². The highest BCUT2D eigenvalue weighted by Crippen LogP contribution is 2.05. The van der Waals surface area contributed by atoms with E-state index in [1.165, 1.54) is 0 Å². The lowest BCUT2D eigenvalue weighted by molar-refractivity contribution is 0.415. The monoisotopic (exact) mass is 154 g/mol. The van der Waals surface area contributed by atoms with Gasteiger partial charge in [0.05, 0.1) is 7.11 Å². The molecule has 1 aromatic carbocycles. The first kappa shape index (κ1) is 7.48. The maximum atomic E-state index is 5.58. The van der Waals surface area contributed by atoms with Gasteiger partial charge in [-0.05, 0) is 12.1 Å². The lowest BCUT2D eigenvalue weighted by Gasteiger charge is -1.98. The Bertz CT molecular complexity index is 174. The van der Waals surface area contributed by atoms with Crippen LogP contribution < -0.4 is 10.2 Å². The zero-order valence-electron chi connectivity index (χ0n) is 5.80. The Morgan fingerprint density at radius 3 is 2.30 bits per heavy atom. The third-order valence-corrected chi connectivity index (χ3v) is 1.62. The van der Waals surface area contributed by atoms with Gasteiger partial charge in [-0.1, -0.05) is 17.6 Å². The van der Waals surface area contributed by atoms with E-state index in [4.69, 9.17) is 16.2 Å². The SMILES string of the molecule is COc1ccc(BCl)cc1. The molecule has 1 nitrogen and oxygen atoms in total. The quantitative estimate of drug-likeness (QED) is 0.576. The normalized spacial score (nSPS) is 9.00. The molecule has 0 saturated heterocycles. The highest BCUT2D eigenvalue weighted by atomic mass is 35.5. The van der Waals surface area contributed by atoms with Crippen LogP contribution in [-0.2, 0) is 0 Å². The zero-order valence-corrected chi connectivity index (χ0v) is 6.56. The van der Waals surface area contributed by atoms with Gasteiger partial charge in [0, 0.05) is 0 Å². The van der Waals surface area contributed by atoms with Crippen molar-refractivity contribution in [3.05, 3.63) is 24.3 Å². The van der Waals surface area contributed by atoms with Gasteiger partial charge in [0.25, 0.3) is 6.69 Å². The Kier molecular flexibility index (Phi) is 2.63. The maximum Gasteiger partial charge on any atom is 0.265 e. The van der Waals surface area contributed by atoms with Crippen molar-refractivity contribution in [2.75, 3.05) is 7.11 Å². The Morgan fingerprint density at radius 1 is 1.30 bits per heavy atom. The summed E-state index contributed by atoms with van der Waals surface area (Å²) in [4.78, 5) is 0. The molecule has 0 aliphatic rings. The highest BCUT2D eigenvalue weighted by Gasteiger charge is 1.91. The van der Waals surface area contributed by atoms with Gasteiger partial charge in [-0.2, -0.15) is 11.5 Å². The predicted octanol–water partition coefficient (Wildman–Crippen LogP) is 0.911. The van der Waals surface area contributed by atoms with Crippen LogP contribution in [0.3, 0.4) is 0 Å². The summed E-state index contributed by atoms with van der Waals surface area (Å²) in [6.45, 7) is 0.560. The molecule has 0 aromatic heterocycles. The minimum atomic E-state index is 0.560. The molecule has 1 rings (SSSR count). The molecule has 0 aliphatic carbocycles. The van der Waals surface area contributed by atoms with E-state index in [1.807, 2.05) is 24.3 Å². The fourth-order valence-corrected chi connectivity index (χ4v) is 0.893. The van der Waals surface area contributed by atoms with E-state index in [-0.39, 0.29) is 0 Å². The van der Waals surface area contributed by atoms with E-state index < -0.39 is 0 Å². The molecule has 0 saturated carbocycles. The summed E-state index contributed by atoms with van der Waals surface area (Å²) in [6, 6.07) is 7.70. The van der Waals surface area contributed by atoms with Crippen LogP contribution in [-0.4, -0.2) is 13.8 Å². The van der Waals surface area contributed by atoms with Gasteiger partial charge in [0.15, 0.2) is 0 Å². The van der Waals surface area contributed by atoms with Crippen molar-refractivity contribution in [1.29, 1.82) is 0 Å². The molecule has 0 amide bonds. The fraction of sp³-hybridized carbons (Fsp3) is 0.143. The van der Waals surface area contributed by atoms with Crippen molar-refractivity contribution in [3.8, 4) is 5.75 Å². The van der Waals surface area contributed by atoms with E-state index in [9.17, 15) is 0 Å². The minimum absolute atomic E-state index is 0.560. The molecule has 0 aliphatic heterocycles. The summed E-state index contributed by atoms with van der Waals surface area (Å²) in [5.74, 6) is 0.869. The molecular weight excluding hydrogens is 146 g/mol. The van der Waals surface area contributed by atoms with Crippen molar-refractivity contribution in [1.82, 2.24) is 0 Å². The van der Waals surface area contributed by atoms with E-state index in [2.05, 4.69) is 0 Å². The number of rotatable bonds is 2. The zero-order chi connectivity index (χ0) is 7.40. The molecule has 0 spiro atoms. The predicted molar refractivity (Wildman–Crippen MR) is 45.6 cm³/mol. The van der Waals surface area contributed by atoms with Crippen molar-refractivity contribution >= 4 is 23.6 Å². The van der Waals surface area contributed by atoms with Gasteiger partial charge >= 0.3 is 0 Å². The second-order valence-corrected chi connectivity index (χ2v) is 2.25. The van der Waals surface area contributed by atoms with Crippen LogP contribution in [0.5, 0.6) is 5.75 Å². The molecule has 1 aromatic rings. The molecule has 3 heteroatoms. The fourth-order valence-electron chi connectivity index (χ4n) is 0.715. The number of ether oxygens (including phenoxy) is 1. The van der Waals surface area contributed by atoms with Crippen LogP contribution in [0.1, 0.15) is 0 Å². The van der Waals surface area contributed by atoms with E-state index in [1.54, 1.807) is 7.11 Å². The molecule has 0 radical (unpaired) electrons. The van der Waals surface area contributed by atoms with Crippen LogP contribution in [0.4, 0.5) is 0 Å². The van der Waals surface area contributed by atoms with Crippen molar-refractivity contribution in [2.45, 2.75) is 0 Å². The Hall–Kier alpha value is -0.625. The van der Waals surface area contributed by atoms with Crippen molar-refractivity contribution < 1.29 is 4.74 Å². The lowest BCUT2D eigenvalue weighted by atomic mass is 9.95. The summed E-state index contributed by atoms with van der Waals surface area (Å²) < 4.78 is 4.97. The minimum Gasteiger partial charge on any atom is -0.497 e. The van der Waals surface area contributed by atoms with E-state index >= 15 is 0 Å². The summed E-state index contributed by atoms with van der Waals surface area (Å²) >= 11 is 5.58. The highest BCUT2D eigenvalue weighted by molar-refractivity contribution is 7.01. The smallest absolute Gasteiger partial charge is 0.265 e. The first-order valence-corrected chi connectivity index (χ1v) is 3.59. The van der Waals surface area contributed by atoms with Gasteiger partial charge < -0.3 is 4.74 Å². The van der Waals surface area contributed by atoms with Gasteiger partial charge in [0.2, 0.25) is 0 Å². The molecule has 0 unspecified atom stereocenters. The second-order valence-electron chi connectivity index (χ2n) is 1.98. The van der Waals surface area contributed by atoms with Gasteiger partial charge in [0.1, 0.15) is 5.75 Å². The number of benzene rings is 1. The van der Waals surface area contributed by atoms with Crippen molar-refractivity contribution in [3.63, 3.8) is 0 Å². The Morgan fingerprint density at radius 2 is 1.90 bits per heavy atom.